The van der Waals surface area contributed by atoms with Crippen molar-refractivity contribution in [3.8, 4) is 0 Å². The zero-order valence-electron chi connectivity index (χ0n) is 14.6. The van der Waals surface area contributed by atoms with Gasteiger partial charge in [0, 0.05) is 13.1 Å². The Hall–Kier alpha value is -1.55. The molecule has 2 atom stereocenters. The Morgan fingerprint density at radius 2 is 1.75 bits per heavy atom. The second-order valence-corrected chi connectivity index (χ2v) is 7.41. The molecule has 1 aliphatic heterocycles. The van der Waals surface area contributed by atoms with Gasteiger partial charge in [0.25, 0.3) is 0 Å². The van der Waals surface area contributed by atoms with E-state index < -0.39 is 11.7 Å². The maximum Gasteiger partial charge on any atom is 0.410 e. The number of carbonyl (C=O) groups is 1. The fourth-order valence-corrected chi connectivity index (χ4v) is 4.13. The van der Waals surface area contributed by atoms with Crippen LogP contribution in [0.25, 0.3) is 0 Å². The van der Waals surface area contributed by atoms with Crippen molar-refractivity contribution in [1.82, 2.24) is 4.90 Å². The van der Waals surface area contributed by atoms with Crippen LogP contribution in [-0.4, -0.2) is 35.3 Å². The molecule has 1 heterocycles. The Bertz CT molecular complexity index is 531. The van der Waals surface area contributed by atoms with Crippen LogP contribution in [0.2, 0.25) is 0 Å². The Kier molecular flexibility index (Phi) is 5.44. The highest BCUT2D eigenvalue weighted by molar-refractivity contribution is 5.68. The molecule has 1 aromatic carbocycles. The molecule has 4 nitrogen and oxygen atoms in total. The van der Waals surface area contributed by atoms with Crippen molar-refractivity contribution >= 4 is 6.09 Å². The van der Waals surface area contributed by atoms with Gasteiger partial charge < -0.3 is 14.7 Å². The second kappa shape index (κ2) is 7.56. The summed E-state index contributed by atoms with van der Waals surface area (Å²) in [5.41, 5.74) is -0.353. The number of ether oxygens (including phenoxy) is 1. The van der Waals surface area contributed by atoms with E-state index in [2.05, 4.69) is 0 Å². The van der Waals surface area contributed by atoms with Crippen LogP contribution in [0.3, 0.4) is 0 Å². The SMILES string of the molecule is C[C@](O)(c1ccccc1)[C@@H](OC(=O)N1CCCC1)C1CCCCC1. The fourth-order valence-electron chi connectivity index (χ4n) is 4.13. The third kappa shape index (κ3) is 3.75. The van der Waals surface area contributed by atoms with Crippen LogP contribution in [0, 0.1) is 5.92 Å². The topological polar surface area (TPSA) is 49.8 Å². The smallest absolute Gasteiger partial charge is 0.410 e. The molecule has 2 aliphatic rings. The minimum absolute atomic E-state index is 0.223. The number of benzene rings is 1. The summed E-state index contributed by atoms with van der Waals surface area (Å²) in [5, 5.41) is 11.3. The summed E-state index contributed by atoms with van der Waals surface area (Å²) in [6.45, 7) is 3.33. The van der Waals surface area contributed by atoms with E-state index in [1.807, 2.05) is 30.3 Å². The van der Waals surface area contributed by atoms with E-state index in [-0.39, 0.29) is 12.0 Å². The number of nitrogens with zero attached hydrogens (tertiary/aromatic N) is 1. The lowest BCUT2D eigenvalue weighted by Gasteiger charge is -2.40. The number of aliphatic hydroxyl groups is 1. The predicted molar refractivity (Wildman–Crippen MR) is 93.7 cm³/mol. The largest absolute Gasteiger partial charge is 0.442 e. The van der Waals surface area contributed by atoms with E-state index >= 15 is 0 Å². The van der Waals surface area contributed by atoms with Crippen LogP contribution in [0.4, 0.5) is 4.79 Å². The Balaban J connectivity index is 1.82. The highest BCUT2D eigenvalue weighted by Gasteiger charge is 2.43. The monoisotopic (exact) mass is 331 g/mol. The van der Waals surface area contributed by atoms with Gasteiger partial charge in [0.2, 0.25) is 0 Å². The molecular weight excluding hydrogens is 302 g/mol. The van der Waals surface area contributed by atoms with Gasteiger partial charge in [0.15, 0.2) is 0 Å². The van der Waals surface area contributed by atoms with Gasteiger partial charge in [0.1, 0.15) is 11.7 Å². The summed E-state index contributed by atoms with van der Waals surface area (Å²) in [4.78, 5) is 14.3. The van der Waals surface area contributed by atoms with Gasteiger partial charge in [-0.1, -0.05) is 49.6 Å². The molecule has 4 heteroatoms. The molecular formula is C20H29NO3. The first-order chi connectivity index (χ1) is 11.6. The quantitative estimate of drug-likeness (QED) is 0.904. The molecule has 1 aliphatic carbocycles. The first-order valence-electron chi connectivity index (χ1n) is 9.32. The lowest BCUT2D eigenvalue weighted by molar-refractivity contribution is -0.110. The van der Waals surface area contributed by atoms with Gasteiger partial charge in [-0.05, 0) is 44.1 Å². The van der Waals surface area contributed by atoms with E-state index in [9.17, 15) is 9.90 Å². The standard InChI is InChI=1S/C20H29NO3/c1-20(23,17-12-6-3-7-13-17)18(16-10-4-2-5-11-16)24-19(22)21-14-8-9-15-21/h3,6-7,12-13,16,18,23H,2,4-5,8-11,14-15H2,1H3/t18-,20-/m0/s1. The molecule has 1 saturated heterocycles. The normalized spacial score (nSPS) is 22.8. The molecule has 1 amide bonds. The third-order valence-electron chi connectivity index (χ3n) is 5.58. The van der Waals surface area contributed by atoms with Crippen LogP contribution >= 0.6 is 0 Å². The lowest BCUT2D eigenvalue weighted by atomic mass is 9.76. The van der Waals surface area contributed by atoms with Crippen LogP contribution < -0.4 is 0 Å². The van der Waals surface area contributed by atoms with Crippen molar-refractivity contribution in [2.75, 3.05) is 13.1 Å². The van der Waals surface area contributed by atoms with Crippen molar-refractivity contribution in [3.05, 3.63) is 35.9 Å². The Morgan fingerprint density at radius 1 is 1.12 bits per heavy atom. The van der Waals surface area contributed by atoms with Crippen molar-refractivity contribution in [1.29, 1.82) is 0 Å². The Morgan fingerprint density at radius 3 is 2.38 bits per heavy atom. The number of hydrogen-bond donors (Lipinski definition) is 1. The molecule has 1 saturated carbocycles. The zero-order valence-corrected chi connectivity index (χ0v) is 14.6. The van der Waals surface area contributed by atoms with Crippen LogP contribution in [0.5, 0.6) is 0 Å². The first kappa shape index (κ1) is 17.3. The molecule has 1 aromatic rings. The van der Waals surface area contributed by atoms with E-state index in [1.54, 1.807) is 11.8 Å². The van der Waals surface area contributed by atoms with Crippen LogP contribution in [0.15, 0.2) is 30.3 Å². The minimum atomic E-state index is -1.17. The lowest BCUT2D eigenvalue weighted by Crippen LogP contribution is -2.47. The highest BCUT2D eigenvalue weighted by Crippen LogP contribution is 2.38. The van der Waals surface area contributed by atoms with E-state index in [4.69, 9.17) is 4.74 Å². The highest BCUT2D eigenvalue weighted by atomic mass is 16.6. The Labute approximate surface area is 144 Å². The number of likely N-dealkylation sites (tertiary alicyclic amines) is 1. The van der Waals surface area contributed by atoms with E-state index in [0.29, 0.717) is 0 Å². The van der Waals surface area contributed by atoms with Gasteiger partial charge in [-0.25, -0.2) is 4.79 Å². The maximum atomic E-state index is 12.6. The zero-order chi connectivity index (χ0) is 17.0. The average Bonchev–Trinajstić information content (AvgIpc) is 3.15. The third-order valence-corrected chi connectivity index (χ3v) is 5.58. The van der Waals surface area contributed by atoms with Gasteiger partial charge in [-0.2, -0.15) is 0 Å². The molecule has 2 fully saturated rings. The van der Waals surface area contributed by atoms with Crippen LogP contribution in [0.1, 0.15) is 57.4 Å². The molecule has 3 rings (SSSR count). The van der Waals surface area contributed by atoms with Crippen molar-refractivity contribution in [2.45, 2.75) is 63.6 Å². The summed E-state index contributed by atoms with van der Waals surface area (Å²) in [5.74, 6) is 0.223. The first-order valence-corrected chi connectivity index (χ1v) is 9.32. The summed E-state index contributed by atoms with van der Waals surface area (Å²) in [7, 11) is 0. The fraction of sp³-hybridized carbons (Fsp3) is 0.650. The van der Waals surface area contributed by atoms with E-state index in [1.165, 1.54) is 6.42 Å². The van der Waals surface area contributed by atoms with Gasteiger partial charge in [0.05, 0.1) is 0 Å². The summed E-state index contributed by atoms with van der Waals surface area (Å²) in [6.07, 6.45) is 6.88. The van der Waals surface area contributed by atoms with Gasteiger partial charge in [-0.3, -0.25) is 0 Å². The summed E-state index contributed by atoms with van der Waals surface area (Å²) in [6, 6.07) is 9.61. The number of carbonyl (C=O) groups excluding carboxylic acids is 1. The predicted octanol–water partition coefficient (Wildman–Crippen LogP) is 4.08. The molecule has 132 valence electrons. The number of amides is 1. The molecule has 0 radical (unpaired) electrons. The average molecular weight is 331 g/mol. The number of rotatable bonds is 4. The van der Waals surface area contributed by atoms with Crippen LogP contribution in [-0.2, 0) is 10.3 Å². The molecule has 0 spiro atoms. The molecule has 0 unspecified atom stereocenters. The van der Waals surface area contributed by atoms with E-state index in [0.717, 1.165) is 57.2 Å². The van der Waals surface area contributed by atoms with Crippen molar-refractivity contribution in [2.24, 2.45) is 5.92 Å². The molecule has 1 N–H and O–H groups in total. The van der Waals surface area contributed by atoms with Crippen molar-refractivity contribution < 1.29 is 14.6 Å². The maximum absolute atomic E-state index is 12.6. The molecule has 24 heavy (non-hydrogen) atoms. The molecule has 0 bridgehead atoms. The summed E-state index contributed by atoms with van der Waals surface area (Å²) >= 11 is 0. The summed E-state index contributed by atoms with van der Waals surface area (Å²) < 4.78 is 5.93. The minimum Gasteiger partial charge on any atom is -0.442 e. The van der Waals surface area contributed by atoms with Gasteiger partial charge in [-0.15, -0.1) is 0 Å². The van der Waals surface area contributed by atoms with Gasteiger partial charge >= 0.3 is 6.09 Å². The number of hydrogen-bond acceptors (Lipinski definition) is 3. The molecule has 0 aromatic heterocycles. The second-order valence-electron chi connectivity index (χ2n) is 7.41. The van der Waals surface area contributed by atoms with Crippen molar-refractivity contribution in [3.63, 3.8) is 0 Å².